The Morgan fingerprint density at radius 1 is 1.50 bits per heavy atom. The minimum atomic E-state index is -3.43. The van der Waals surface area contributed by atoms with Gasteiger partial charge in [0.05, 0.1) is 12.6 Å². The molecule has 2 unspecified atom stereocenters. The predicted octanol–water partition coefficient (Wildman–Crippen LogP) is 0.274. The normalized spacial score (nSPS) is 28.2. The average Bonchev–Trinajstić information content (AvgIpc) is 2.58. The van der Waals surface area contributed by atoms with Crippen LogP contribution in [0.15, 0.2) is 0 Å². The fourth-order valence-corrected chi connectivity index (χ4v) is 3.78. The number of rotatable bonds is 4. The second-order valence-electron chi connectivity index (χ2n) is 4.74. The summed E-state index contributed by atoms with van der Waals surface area (Å²) in [6.07, 6.45) is 0.816. The standard InChI is InChI=1S/C10H22N2O3S/c1-8(2)11(4)16(14,15)12-6-5-9(3)10(12)7-13/h8-10,13H,5-7H2,1-4H3. The molecule has 0 aromatic heterocycles. The third kappa shape index (κ3) is 2.40. The quantitative estimate of drug-likeness (QED) is 0.779. The van der Waals surface area contributed by atoms with Crippen LogP contribution < -0.4 is 0 Å². The highest BCUT2D eigenvalue weighted by molar-refractivity contribution is 7.86. The predicted molar refractivity (Wildman–Crippen MR) is 63.2 cm³/mol. The Morgan fingerprint density at radius 2 is 2.06 bits per heavy atom. The summed E-state index contributed by atoms with van der Waals surface area (Å²) in [5.74, 6) is 0.223. The van der Waals surface area contributed by atoms with Crippen LogP contribution in [0.4, 0.5) is 0 Å². The van der Waals surface area contributed by atoms with E-state index in [1.54, 1.807) is 7.05 Å². The van der Waals surface area contributed by atoms with Crippen molar-refractivity contribution in [2.45, 2.75) is 39.3 Å². The Bertz CT molecular complexity index is 329. The van der Waals surface area contributed by atoms with E-state index in [1.807, 2.05) is 20.8 Å². The molecule has 0 saturated carbocycles. The van der Waals surface area contributed by atoms with Crippen LogP contribution in [-0.4, -0.2) is 54.4 Å². The molecule has 1 fully saturated rings. The zero-order valence-corrected chi connectivity index (χ0v) is 11.2. The maximum absolute atomic E-state index is 12.2. The highest BCUT2D eigenvalue weighted by Gasteiger charge is 2.40. The molecule has 2 atom stereocenters. The number of nitrogens with zero attached hydrogens (tertiary/aromatic N) is 2. The van der Waals surface area contributed by atoms with Gasteiger partial charge in [-0.15, -0.1) is 0 Å². The van der Waals surface area contributed by atoms with Crippen LogP contribution >= 0.6 is 0 Å². The molecule has 0 aromatic carbocycles. The lowest BCUT2D eigenvalue weighted by Crippen LogP contribution is -2.48. The zero-order chi connectivity index (χ0) is 12.5. The van der Waals surface area contributed by atoms with Gasteiger partial charge in [-0.2, -0.15) is 17.0 Å². The highest BCUT2D eigenvalue weighted by atomic mass is 32.2. The maximum atomic E-state index is 12.2. The van der Waals surface area contributed by atoms with Crippen molar-refractivity contribution in [1.29, 1.82) is 0 Å². The molecule has 1 rings (SSSR count). The van der Waals surface area contributed by atoms with Gasteiger partial charge in [-0.1, -0.05) is 6.92 Å². The summed E-state index contributed by atoms with van der Waals surface area (Å²) >= 11 is 0. The van der Waals surface area contributed by atoms with Crippen LogP contribution in [0, 0.1) is 5.92 Å². The first-order chi connectivity index (χ1) is 7.32. The lowest BCUT2D eigenvalue weighted by Gasteiger charge is -2.30. The van der Waals surface area contributed by atoms with Crippen molar-refractivity contribution in [1.82, 2.24) is 8.61 Å². The lowest BCUT2D eigenvalue weighted by atomic mass is 10.0. The largest absolute Gasteiger partial charge is 0.395 e. The zero-order valence-electron chi connectivity index (χ0n) is 10.4. The molecule has 0 radical (unpaired) electrons. The third-order valence-corrected chi connectivity index (χ3v) is 5.60. The van der Waals surface area contributed by atoms with Gasteiger partial charge in [0.15, 0.2) is 0 Å². The summed E-state index contributed by atoms with van der Waals surface area (Å²) in [7, 11) is -1.84. The van der Waals surface area contributed by atoms with E-state index in [1.165, 1.54) is 8.61 Å². The van der Waals surface area contributed by atoms with Crippen LogP contribution in [-0.2, 0) is 10.2 Å². The molecule has 0 bridgehead atoms. The van der Waals surface area contributed by atoms with E-state index < -0.39 is 10.2 Å². The molecule has 1 N–H and O–H groups in total. The molecule has 1 aliphatic rings. The average molecular weight is 250 g/mol. The summed E-state index contributed by atoms with van der Waals surface area (Å²) < 4.78 is 27.2. The Balaban J connectivity index is 2.92. The molecule has 0 spiro atoms. The summed E-state index contributed by atoms with van der Waals surface area (Å²) in [5.41, 5.74) is 0. The van der Waals surface area contributed by atoms with Gasteiger partial charge in [-0.3, -0.25) is 0 Å². The summed E-state index contributed by atoms with van der Waals surface area (Å²) in [4.78, 5) is 0. The molecule has 0 aliphatic carbocycles. The van der Waals surface area contributed by atoms with Crippen molar-refractivity contribution in [2.75, 3.05) is 20.2 Å². The van der Waals surface area contributed by atoms with E-state index in [9.17, 15) is 13.5 Å². The molecule has 16 heavy (non-hydrogen) atoms. The molecule has 0 amide bonds. The number of hydrogen-bond acceptors (Lipinski definition) is 3. The van der Waals surface area contributed by atoms with Gasteiger partial charge in [-0.05, 0) is 26.2 Å². The number of aliphatic hydroxyl groups is 1. The first kappa shape index (κ1) is 13.9. The van der Waals surface area contributed by atoms with Gasteiger partial charge in [0.2, 0.25) is 0 Å². The highest BCUT2D eigenvalue weighted by Crippen LogP contribution is 2.27. The van der Waals surface area contributed by atoms with Crippen molar-refractivity contribution in [3.63, 3.8) is 0 Å². The van der Waals surface area contributed by atoms with Gasteiger partial charge < -0.3 is 5.11 Å². The molecule has 6 heteroatoms. The fraction of sp³-hybridized carbons (Fsp3) is 1.00. The van der Waals surface area contributed by atoms with Gasteiger partial charge in [0.1, 0.15) is 0 Å². The third-order valence-electron chi connectivity index (χ3n) is 3.41. The molecule has 96 valence electrons. The second-order valence-corrected chi connectivity index (χ2v) is 6.68. The number of hydrogen-bond donors (Lipinski definition) is 1. The van der Waals surface area contributed by atoms with Crippen LogP contribution in [0.5, 0.6) is 0 Å². The lowest BCUT2D eigenvalue weighted by molar-refractivity contribution is 0.184. The van der Waals surface area contributed by atoms with Crippen molar-refractivity contribution < 1.29 is 13.5 Å². The van der Waals surface area contributed by atoms with Crippen LogP contribution in [0.3, 0.4) is 0 Å². The maximum Gasteiger partial charge on any atom is 0.282 e. The molecule has 1 heterocycles. The molecule has 1 aliphatic heterocycles. The first-order valence-electron chi connectivity index (χ1n) is 5.68. The molecular weight excluding hydrogens is 228 g/mol. The summed E-state index contributed by atoms with van der Waals surface area (Å²) in [6.45, 7) is 6.06. The Kier molecular flexibility index (Phi) is 4.34. The van der Waals surface area contributed by atoms with E-state index in [2.05, 4.69) is 0 Å². The molecule has 1 saturated heterocycles. The van der Waals surface area contributed by atoms with E-state index in [-0.39, 0.29) is 24.6 Å². The van der Waals surface area contributed by atoms with E-state index in [0.29, 0.717) is 6.54 Å². The fourth-order valence-electron chi connectivity index (χ4n) is 1.96. The summed E-state index contributed by atoms with van der Waals surface area (Å²) in [5, 5.41) is 9.27. The van der Waals surface area contributed by atoms with Crippen LogP contribution in [0.2, 0.25) is 0 Å². The van der Waals surface area contributed by atoms with E-state index in [4.69, 9.17) is 0 Å². The Morgan fingerprint density at radius 3 is 2.50 bits per heavy atom. The van der Waals surface area contributed by atoms with Crippen molar-refractivity contribution in [3.05, 3.63) is 0 Å². The summed E-state index contributed by atoms with van der Waals surface area (Å²) in [6, 6.07) is -0.341. The minimum Gasteiger partial charge on any atom is -0.395 e. The van der Waals surface area contributed by atoms with E-state index >= 15 is 0 Å². The Hall–Kier alpha value is -0.170. The monoisotopic (exact) mass is 250 g/mol. The topological polar surface area (TPSA) is 60.9 Å². The first-order valence-corrected chi connectivity index (χ1v) is 7.07. The van der Waals surface area contributed by atoms with Gasteiger partial charge in [-0.25, -0.2) is 0 Å². The number of aliphatic hydroxyl groups excluding tert-OH is 1. The van der Waals surface area contributed by atoms with Gasteiger partial charge in [0.25, 0.3) is 10.2 Å². The molecular formula is C10H22N2O3S. The van der Waals surface area contributed by atoms with Gasteiger partial charge in [0, 0.05) is 19.6 Å². The minimum absolute atomic E-state index is 0.0692. The Labute approximate surface area is 98.2 Å². The van der Waals surface area contributed by atoms with Crippen LogP contribution in [0.1, 0.15) is 27.2 Å². The SMILES string of the molecule is CC1CCN(S(=O)(=O)N(C)C(C)C)C1CO. The van der Waals surface area contributed by atoms with Crippen LogP contribution in [0.25, 0.3) is 0 Å². The molecule has 0 aromatic rings. The van der Waals surface area contributed by atoms with E-state index in [0.717, 1.165) is 6.42 Å². The molecule has 5 nitrogen and oxygen atoms in total. The second kappa shape index (κ2) is 5.00. The van der Waals surface area contributed by atoms with Crippen molar-refractivity contribution >= 4 is 10.2 Å². The van der Waals surface area contributed by atoms with Gasteiger partial charge >= 0.3 is 0 Å². The smallest absolute Gasteiger partial charge is 0.282 e. The van der Waals surface area contributed by atoms with Crippen molar-refractivity contribution in [3.8, 4) is 0 Å². The van der Waals surface area contributed by atoms with Crippen molar-refractivity contribution in [2.24, 2.45) is 5.92 Å².